The number of carboxylic acids is 2. The first-order chi connectivity index (χ1) is 13.6. The summed E-state index contributed by atoms with van der Waals surface area (Å²) in [5.74, 6) is -2.32. The van der Waals surface area contributed by atoms with Crippen LogP contribution >= 0.6 is 0 Å². The fourth-order valence-corrected chi connectivity index (χ4v) is 3.42. The molecular formula is C23H20O6. The van der Waals surface area contributed by atoms with E-state index in [-0.39, 0.29) is 28.2 Å². The lowest BCUT2D eigenvalue weighted by atomic mass is 9.74. The summed E-state index contributed by atoms with van der Waals surface area (Å²) in [5, 5.41) is 38.7. The van der Waals surface area contributed by atoms with E-state index >= 15 is 0 Å². The number of carbonyl (C=O) groups is 2. The molecular weight excluding hydrogens is 372 g/mol. The fraction of sp³-hybridized carbons (Fsp3) is 0.130. The average molecular weight is 392 g/mol. The molecule has 148 valence electrons. The molecule has 0 unspecified atom stereocenters. The molecule has 29 heavy (non-hydrogen) atoms. The smallest absolute Gasteiger partial charge is 0.336 e. The minimum absolute atomic E-state index is 0.0540. The zero-order valence-corrected chi connectivity index (χ0v) is 15.9. The molecule has 0 heterocycles. The molecule has 0 aliphatic rings. The first-order valence-electron chi connectivity index (χ1n) is 8.85. The highest BCUT2D eigenvalue weighted by atomic mass is 16.4. The number of phenols is 2. The van der Waals surface area contributed by atoms with Crippen molar-refractivity contribution in [1.29, 1.82) is 0 Å². The molecule has 0 saturated carbocycles. The molecule has 3 rings (SSSR count). The first kappa shape index (κ1) is 19.9. The molecule has 0 radical (unpaired) electrons. The third kappa shape index (κ3) is 3.78. The lowest BCUT2D eigenvalue weighted by Gasteiger charge is -2.29. The number of rotatable bonds is 5. The van der Waals surface area contributed by atoms with Crippen molar-refractivity contribution in [3.8, 4) is 22.6 Å². The second-order valence-corrected chi connectivity index (χ2v) is 7.27. The summed E-state index contributed by atoms with van der Waals surface area (Å²) in [4.78, 5) is 23.2. The van der Waals surface area contributed by atoms with Gasteiger partial charge in [-0.1, -0.05) is 32.0 Å². The number of carboxylic acid groups (broad SMARTS) is 2. The van der Waals surface area contributed by atoms with E-state index in [9.17, 15) is 30.0 Å². The summed E-state index contributed by atoms with van der Waals surface area (Å²) in [5.41, 5.74) is 1.43. The lowest BCUT2D eigenvalue weighted by molar-refractivity contribution is 0.0682. The normalized spacial score (nSPS) is 11.2. The van der Waals surface area contributed by atoms with E-state index in [4.69, 9.17) is 0 Å². The Balaban J connectivity index is 2.31. The average Bonchev–Trinajstić information content (AvgIpc) is 2.67. The van der Waals surface area contributed by atoms with Gasteiger partial charge in [-0.05, 0) is 64.7 Å². The number of phenolic OH excluding ortho intramolecular Hbond substituents is 2. The standard InChI is InChI=1S/C23H20O6/c1-23(2,14-4-6-15(24)7-5-14)20-10-8-16(25)12-19(20)18-11-13(21(26)27)3-9-17(18)22(28)29/h3-12,24-25H,1-2H3,(H,26,27)(H,28,29). The molecule has 6 heteroatoms. The van der Waals surface area contributed by atoms with Gasteiger partial charge in [-0.25, -0.2) is 9.59 Å². The molecule has 0 amide bonds. The molecule has 3 aromatic rings. The van der Waals surface area contributed by atoms with Crippen LogP contribution in [0.5, 0.6) is 11.5 Å². The third-order valence-electron chi connectivity index (χ3n) is 5.05. The topological polar surface area (TPSA) is 115 Å². The van der Waals surface area contributed by atoms with Crippen molar-refractivity contribution in [3.05, 3.63) is 82.9 Å². The Morgan fingerprint density at radius 1 is 0.724 bits per heavy atom. The molecule has 3 aromatic carbocycles. The van der Waals surface area contributed by atoms with Gasteiger partial charge in [-0.2, -0.15) is 0 Å². The third-order valence-corrected chi connectivity index (χ3v) is 5.05. The molecule has 0 spiro atoms. The molecule has 0 fully saturated rings. The molecule has 0 aliphatic carbocycles. The fourth-order valence-electron chi connectivity index (χ4n) is 3.42. The van der Waals surface area contributed by atoms with Crippen LogP contribution in [-0.2, 0) is 5.41 Å². The molecule has 0 bridgehead atoms. The highest BCUT2D eigenvalue weighted by Gasteiger charge is 2.28. The minimum Gasteiger partial charge on any atom is -0.508 e. The predicted octanol–water partition coefficient (Wildman–Crippen LogP) is 4.49. The monoisotopic (exact) mass is 392 g/mol. The highest BCUT2D eigenvalue weighted by molar-refractivity contribution is 5.99. The Morgan fingerprint density at radius 3 is 1.93 bits per heavy atom. The van der Waals surface area contributed by atoms with E-state index in [0.29, 0.717) is 11.1 Å². The Morgan fingerprint density at radius 2 is 1.34 bits per heavy atom. The van der Waals surface area contributed by atoms with Crippen LogP contribution in [0.25, 0.3) is 11.1 Å². The van der Waals surface area contributed by atoms with Crippen LogP contribution in [0.4, 0.5) is 0 Å². The van der Waals surface area contributed by atoms with Crippen molar-refractivity contribution in [2.24, 2.45) is 0 Å². The highest BCUT2D eigenvalue weighted by Crippen LogP contribution is 2.41. The quantitative estimate of drug-likeness (QED) is 0.509. The van der Waals surface area contributed by atoms with Crippen LogP contribution in [0.1, 0.15) is 45.7 Å². The van der Waals surface area contributed by atoms with Gasteiger partial charge in [-0.15, -0.1) is 0 Å². The van der Waals surface area contributed by atoms with Crippen molar-refractivity contribution >= 4 is 11.9 Å². The molecule has 0 aromatic heterocycles. The zero-order chi connectivity index (χ0) is 21.3. The molecule has 4 N–H and O–H groups in total. The van der Waals surface area contributed by atoms with Crippen LogP contribution in [0.15, 0.2) is 60.7 Å². The van der Waals surface area contributed by atoms with E-state index in [1.165, 1.54) is 30.3 Å². The van der Waals surface area contributed by atoms with Crippen LogP contribution in [0.3, 0.4) is 0 Å². The van der Waals surface area contributed by atoms with E-state index < -0.39 is 17.4 Å². The van der Waals surface area contributed by atoms with Crippen molar-refractivity contribution in [2.75, 3.05) is 0 Å². The number of benzene rings is 3. The first-order valence-corrected chi connectivity index (χ1v) is 8.85. The maximum atomic E-state index is 11.8. The Bertz CT molecular complexity index is 1100. The van der Waals surface area contributed by atoms with Gasteiger partial charge >= 0.3 is 11.9 Å². The lowest BCUT2D eigenvalue weighted by Crippen LogP contribution is -2.20. The number of aromatic carboxylic acids is 2. The number of hydrogen-bond acceptors (Lipinski definition) is 4. The van der Waals surface area contributed by atoms with Gasteiger partial charge in [0.2, 0.25) is 0 Å². The van der Waals surface area contributed by atoms with Gasteiger partial charge in [0, 0.05) is 5.41 Å². The minimum atomic E-state index is -1.20. The van der Waals surface area contributed by atoms with E-state index in [2.05, 4.69) is 0 Å². The van der Waals surface area contributed by atoms with Crippen LogP contribution in [0, 0.1) is 0 Å². The Hall–Kier alpha value is -3.80. The summed E-state index contributed by atoms with van der Waals surface area (Å²) >= 11 is 0. The summed E-state index contributed by atoms with van der Waals surface area (Å²) in [6.07, 6.45) is 0. The maximum Gasteiger partial charge on any atom is 0.336 e. The van der Waals surface area contributed by atoms with Crippen molar-refractivity contribution < 1.29 is 30.0 Å². The van der Waals surface area contributed by atoms with Gasteiger partial charge in [0.15, 0.2) is 0 Å². The second-order valence-electron chi connectivity index (χ2n) is 7.27. The Labute approximate surface area is 167 Å². The molecule has 0 aliphatic heterocycles. The van der Waals surface area contributed by atoms with Crippen LogP contribution in [-0.4, -0.2) is 32.4 Å². The largest absolute Gasteiger partial charge is 0.508 e. The van der Waals surface area contributed by atoms with Crippen molar-refractivity contribution in [1.82, 2.24) is 0 Å². The zero-order valence-electron chi connectivity index (χ0n) is 15.9. The predicted molar refractivity (Wildman–Crippen MR) is 108 cm³/mol. The summed E-state index contributed by atoms with van der Waals surface area (Å²) in [6.45, 7) is 3.85. The van der Waals surface area contributed by atoms with Gasteiger partial charge in [0.05, 0.1) is 11.1 Å². The molecule has 0 atom stereocenters. The van der Waals surface area contributed by atoms with Gasteiger partial charge in [-0.3, -0.25) is 0 Å². The van der Waals surface area contributed by atoms with E-state index in [1.54, 1.807) is 30.3 Å². The van der Waals surface area contributed by atoms with Gasteiger partial charge in [0.1, 0.15) is 11.5 Å². The van der Waals surface area contributed by atoms with Gasteiger partial charge in [0.25, 0.3) is 0 Å². The Kier molecular flexibility index (Phi) is 5.03. The van der Waals surface area contributed by atoms with E-state index in [0.717, 1.165) is 5.56 Å². The number of hydrogen-bond donors (Lipinski definition) is 4. The summed E-state index contributed by atoms with van der Waals surface area (Å²) in [6, 6.07) is 15.1. The maximum absolute atomic E-state index is 11.8. The SMILES string of the molecule is CC(C)(c1ccc(O)cc1)c1ccc(O)cc1-c1cc(C(=O)O)ccc1C(=O)O. The molecule has 0 saturated heterocycles. The summed E-state index contributed by atoms with van der Waals surface area (Å²) in [7, 11) is 0. The number of aromatic hydroxyl groups is 2. The molecule has 6 nitrogen and oxygen atoms in total. The van der Waals surface area contributed by atoms with Crippen LogP contribution in [0.2, 0.25) is 0 Å². The summed E-state index contributed by atoms with van der Waals surface area (Å²) < 4.78 is 0. The van der Waals surface area contributed by atoms with Crippen LogP contribution < -0.4 is 0 Å². The second kappa shape index (κ2) is 7.31. The van der Waals surface area contributed by atoms with Gasteiger partial charge < -0.3 is 20.4 Å². The van der Waals surface area contributed by atoms with Crippen molar-refractivity contribution in [3.63, 3.8) is 0 Å². The van der Waals surface area contributed by atoms with Crippen molar-refractivity contribution in [2.45, 2.75) is 19.3 Å². The van der Waals surface area contributed by atoms with E-state index in [1.807, 2.05) is 13.8 Å².